The van der Waals surface area contributed by atoms with Gasteiger partial charge in [0.2, 0.25) is 5.91 Å². The van der Waals surface area contributed by atoms with Crippen LogP contribution in [0.5, 0.6) is 0 Å². The summed E-state index contributed by atoms with van der Waals surface area (Å²) < 4.78 is 0. The molecule has 1 fully saturated rings. The number of likely N-dealkylation sites (tertiary alicyclic amines) is 1. The molecular formula is C19H27ClN2O2S. The maximum atomic E-state index is 13.0. The molecule has 1 saturated heterocycles. The van der Waals surface area contributed by atoms with E-state index in [4.69, 9.17) is 11.6 Å². The van der Waals surface area contributed by atoms with E-state index >= 15 is 0 Å². The average Bonchev–Trinajstić information content (AvgIpc) is 2.58. The summed E-state index contributed by atoms with van der Waals surface area (Å²) >= 11 is 7.79. The molecule has 6 heteroatoms. The number of hydrogen-bond acceptors (Lipinski definition) is 3. The van der Waals surface area contributed by atoms with Gasteiger partial charge in [0, 0.05) is 13.1 Å². The molecule has 138 valence electrons. The Balaban J connectivity index is 2.07. The lowest BCUT2D eigenvalue weighted by molar-refractivity contribution is -0.133. The maximum absolute atomic E-state index is 13.0. The van der Waals surface area contributed by atoms with E-state index in [0.29, 0.717) is 17.0 Å². The first kappa shape index (κ1) is 20.1. The van der Waals surface area contributed by atoms with Crippen LogP contribution in [0, 0.1) is 0 Å². The van der Waals surface area contributed by atoms with Crippen LogP contribution in [0.25, 0.3) is 0 Å². The predicted molar refractivity (Wildman–Crippen MR) is 105 cm³/mol. The highest BCUT2D eigenvalue weighted by Crippen LogP contribution is 2.17. The SMILES string of the molecule is CSCC[C@@H](NC(=O)c1ccccc1Cl)C(=O)N1CCCCCCC1. The molecule has 0 unspecified atom stereocenters. The quantitative estimate of drug-likeness (QED) is 0.809. The second-order valence-corrected chi connectivity index (χ2v) is 7.77. The van der Waals surface area contributed by atoms with Crippen LogP contribution in [0.15, 0.2) is 24.3 Å². The minimum absolute atomic E-state index is 0.0383. The molecule has 0 saturated carbocycles. The van der Waals surface area contributed by atoms with Crippen molar-refractivity contribution < 1.29 is 9.59 Å². The van der Waals surface area contributed by atoms with Gasteiger partial charge in [0.1, 0.15) is 6.04 Å². The van der Waals surface area contributed by atoms with Crippen molar-refractivity contribution in [3.05, 3.63) is 34.9 Å². The predicted octanol–water partition coefficient (Wildman–Crippen LogP) is 3.98. The van der Waals surface area contributed by atoms with Gasteiger partial charge in [-0.1, -0.05) is 43.0 Å². The van der Waals surface area contributed by atoms with E-state index in [2.05, 4.69) is 5.32 Å². The van der Waals surface area contributed by atoms with Crippen LogP contribution in [0.1, 0.15) is 48.9 Å². The van der Waals surface area contributed by atoms with Gasteiger partial charge in [-0.05, 0) is 43.4 Å². The number of nitrogens with one attached hydrogen (secondary N) is 1. The van der Waals surface area contributed by atoms with Crippen LogP contribution in [-0.2, 0) is 4.79 Å². The Kier molecular flexibility index (Phi) is 8.62. The van der Waals surface area contributed by atoms with E-state index in [9.17, 15) is 9.59 Å². The molecule has 0 spiro atoms. The molecule has 1 aliphatic rings. The molecule has 1 aromatic carbocycles. The molecule has 2 rings (SSSR count). The normalized spacial score (nSPS) is 16.6. The summed E-state index contributed by atoms with van der Waals surface area (Å²) in [5.74, 6) is 0.584. The monoisotopic (exact) mass is 382 g/mol. The standard InChI is InChI=1S/C19H27ClN2O2S/c1-25-14-11-17(19(24)22-12-7-3-2-4-8-13-22)21-18(23)15-9-5-6-10-16(15)20/h5-6,9-10,17H,2-4,7-8,11-14H2,1H3,(H,21,23)/t17-/m1/s1. The lowest BCUT2D eigenvalue weighted by Crippen LogP contribution is -2.49. The Morgan fingerprint density at radius 1 is 1.16 bits per heavy atom. The van der Waals surface area contributed by atoms with E-state index < -0.39 is 6.04 Å². The molecule has 1 N–H and O–H groups in total. The summed E-state index contributed by atoms with van der Waals surface area (Å²) in [6.45, 7) is 1.58. The number of benzene rings is 1. The number of rotatable bonds is 6. The number of nitrogens with zero attached hydrogens (tertiary/aromatic N) is 1. The Morgan fingerprint density at radius 3 is 2.44 bits per heavy atom. The van der Waals surface area contributed by atoms with Gasteiger partial charge in [0.15, 0.2) is 0 Å². The van der Waals surface area contributed by atoms with Gasteiger partial charge in [0.05, 0.1) is 10.6 Å². The molecule has 1 heterocycles. The average molecular weight is 383 g/mol. The highest BCUT2D eigenvalue weighted by Gasteiger charge is 2.26. The first-order chi connectivity index (χ1) is 12.1. The first-order valence-electron chi connectivity index (χ1n) is 8.96. The second-order valence-electron chi connectivity index (χ2n) is 6.38. The molecule has 0 aromatic heterocycles. The molecule has 1 aliphatic heterocycles. The fourth-order valence-corrected chi connectivity index (χ4v) is 3.76. The molecule has 0 aliphatic carbocycles. The molecule has 0 bridgehead atoms. The van der Waals surface area contributed by atoms with Crippen LogP contribution < -0.4 is 5.32 Å². The van der Waals surface area contributed by atoms with Crippen LogP contribution >= 0.6 is 23.4 Å². The number of thioether (sulfide) groups is 1. The molecule has 2 amide bonds. The summed E-state index contributed by atoms with van der Waals surface area (Å²) in [7, 11) is 0. The summed E-state index contributed by atoms with van der Waals surface area (Å²) in [5, 5.41) is 3.32. The third-order valence-electron chi connectivity index (χ3n) is 4.50. The molecular weight excluding hydrogens is 356 g/mol. The third kappa shape index (κ3) is 6.23. The minimum atomic E-state index is -0.490. The van der Waals surface area contributed by atoms with Gasteiger partial charge in [-0.2, -0.15) is 11.8 Å². The van der Waals surface area contributed by atoms with E-state index in [1.807, 2.05) is 11.2 Å². The Bertz CT molecular complexity index is 574. The van der Waals surface area contributed by atoms with Crippen molar-refractivity contribution in [1.29, 1.82) is 0 Å². The lowest BCUT2D eigenvalue weighted by Gasteiger charge is -2.29. The maximum Gasteiger partial charge on any atom is 0.253 e. The largest absolute Gasteiger partial charge is 0.341 e. The highest BCUT2D eigenvalue weighted by molar-refractivity contribution is 7.98. The number of hydrogen-bond donors (Lipinski definition) is 1. The van der Waals surface area contributed by atoms with Crippen molar-refractivity contribution in [3.63, 3.8) is 0 Å². The topological polar surface area (TPSA) is 49.4 Å². The van der Waals surface area contributed by atoms with E-state index in [1.54, 1.807) is 36.0 Å². The molecule has 0 radical (unpaired) electrons. The second kappa shape index (κ2) is 10.7. The fourth-order valence-electron chi connectivity index (χ4n) is 3.06. The van der Waals surface area contributed by atoms with Gasteiger partial charge >= 0.3 is 0 Å². The van der Waals surface area contributed by atoms with E-state index in [1.165, 1.54) is 19.3 Å². The van der Waals surface area contributed by atoms with Gasteiger partial charge < -0.3 is 10.2 Å². The Morgan fingerprint density at radius 2 is 1.80 bits per heavy atom. The van der Waals surface area contributed by atoms with Gasteiger partial charge in [0.25, 0.3) is 5.91 Å². The van der Waals surface area contributed by atoms with Crippen molar-refractivity contribution >= 4 is 35.2 Å². The number of halogens is 1. The van der Waals surface area contributed by atoms with E-state index in [0.717, 1.165) is 31.7 Å². The zero-order valence-electron chi connectivity index (χ0n) is 14.8. The number of amides is 2. The fraction of sp³-hybridized carbons (Fsp3) is 0.579. The van der Waals surface area contributed by atoms with E-state index in [-0.39, 0.29) is 11.8 Å². The lowest BCUT2D eigenvalue weighted by atomic mass is 10.1. The first-order valence-corrected chi connectivity index (χ1v) is 10.7. The van der Waals surface area contributed by atoms with Gasteiger partial charge in [-0.3, -0.25) is 9.59 Å². The van der Waals surface area contributed by atoms with Crippen molar-refractivity contribution in [1.82, 2.24) is 10.2 Å². The number of carbonyl (C=O) groups is 2. The van der Waals surface area contributed by atoms with Crippen molar-refractivity contribution in [2.75, 3.05) is 25.1 Å². The Labute approximate surface area is 159 Å². The summed E-state index contributed by atoms with van der Waals surface area (Å²) in [5.41, 5.74) is 0.416. The smallest absolute Gasteiger partial charge is 0.253 e. The zero-order chi connectivity index (χ0) is 18.1. The zero-order valence-corrected chi connectivity index (χ0v) is 16.4. The Hall–Kier alpha value is -1.20. The van der Waals surface area contributed by atoms with Crippen molar-refractivity contribution in [2.45, 2.75) is 44.6 Å². The van der Waals surface area contributed by atoms with Gasteiger partial charge in [-0.25, -0.2) is 0 Å². The highest BCUT2D eigenvalue weighted by atomic mass is 35.5. The summed E-state index contributed by atoms with van der Waals surface area (Å²) in [4.78, 5) is 27.5. The van der Waals surface area contributed by atoms with Crippen molar-refractivity contribution in [3.8, 4) is 0 Å². The third-order valence-corrected chi connectivity index (χ3v) is 5.47. The summed E-state index contributed by atoms with van der Waals surface area (Å²) in [6, 6.07) is 6.45. The van der Waals surface area contributed by atoms with Crippen LogP contribution in [0.2, 0.25) is 5.02 Å². The van der Waals surface area contributed by atoms with Gasteiger partial charge in [-0.15, -0.1) is 0 Å². The van der Waals surface area contributed by atoms with Crippen molar-refractivity contribution in [2.24, 2.45) is 0 Å². The molecule has 1 aromatic rings. The number of carbonyl (C=O) groups excluding carboxylic acids is 2. The van der Waals surface area contributed by atoms with Crippen LogP contribution in [0.3, 0.4) is 0 Å². The molecule has 4 nitrogen and oxygen atoms in total. The van der Waals surface area contributed by atoms with Crippen LogP contribution in [0.4, 0.5) is 0 Å². The minimum Gasteiger partial charge on any atom is -0.341 e. The summed E-state index contributed by atoms with van der Waals surface area (Å²) in [6.07, 6.45) is 8.32. The molecule has 1 atom stereocenters. The van der Waals surface area contributed by atoms with Crippen LogP contribution in [-0.4, -0.2) is 47.9 Å². The molecule has 25 heavy (non-hydrogen) atoms.